The van der Waals surface area contributed by atoms with Crippen LogP contribution in [0.25, 0.3) is 10.9 Å². The van der Waals surface area contributed by atoms with E-state index in [0.717, 1.165) is 33.2 Å². The van der Waals surface area contributed by atoms with Crippen molar-refractivity contribution in [2.45, 2.75) is 13.5 Å². The number of nitrogens with zero attached hydrogens (tertiary/aromatic N) is 2. The summed E-state index contributed by atoms with van der Waals surface area (Å²) in [7, 11) is 0. The van der Waals surface area contributed by atoms with Crippen molar-refractivity contribution in [3.63, 3.8) is 0 Å². The summed E-state index contributed by atoms with van der Waals surface area (Å²) in [6, 6.07) is 20.2. The monoisotopic (exact) mass is 451 g/mol. The molecular weight excluding hydrogens is 434 g/mol. The van der Waals surface area contributed by atoms with Crippen LogP contribution in [-0.4, -0.2) is 16.7 Å². The van der Waals surface area contributed by atoms with Gasteiger partial charge in [-0.3, -0.25) is 4.79 Å². The van der Waals surface area contributed by atoms with Crippen LogP contribution in [0.5, 0.6) is 0 Å². The average molecular weight is 452 g/mol. The summed E-state index contributed by atoms with van der Waals surface area (Å²) in [5, 5.41) is 7.19. The van der Waals surface area contributed by atoms with Crippen molar-refractivity contribution in [1.82, 2.24) is 9.99 Å². The number of hydrazone groups is 1. The first-order chi connectivity index (χ1) is 13.6. The zero-order chi connectivity index (χ0) is 19.5. The zero-order valence-corrected chi connectivity index (χ0v) is 17.6. The van der Waals surface area contributed by atoms with Gasteiger partial charge in [0, 0.05) is 33.2 Å². The minimum Gasteiger partial charge on any atom is -0.340 e. The molecule has 2 aromatic heterocycles. The van der Waals surface area contributed by atoms with Crippen LogP contribution in [0.3, 0.4) is 0 Å². The fraction of sp³-hybridized carbons (Fsp3) is 0.0909. The van der Waals surface area contributed by atoms with Crippen LogP contribution in [0.15, 0.2) is 75.6 Å². The number of amides is 1. The molecule has 1 N–H and O–H groups in total. The molecule has 0 unspecified atom stereocenters. The van der Waals surface area contributed by atoms with E-state index in [9.17, 15) is 4.79 Å². The number of hydrogen-bond acceptors (Lipinski definition) is 3. The Balaban J connectivity index is 1.65. The Morgan fingerprint density at radius 1 is 1.14 bits per heavy atom. The van der Waals surface area contributed by atoms with Gasteiger partial charge in [-0.25, -0.2) is 5.43 Å². The van der Waals surface area contributed by atoms with E-state index in [-0.39, 0.29) is 5.91 Å². The molecule has 0 bridgehead atoms. The number of thiophene rings is 1. The summed E-state index contributed by atoms with van der Waals surface area (Å²) < 4.78 is 3.35. The molecule has 2 aromatic carbocycles. The van der Waals surface area contributed by atoms with Crippen molar-refractivity contribution < 1.29 is 4.79 Å². The Labute approximate surface area is 175 Å². The number of halogens is 1. The van der Waals surface area contributed by atoms with Gasteiger partial charge in [-0.05, 0) is 42.1 Å². The Morgan fingerprint density at radius 2 is 1.93 bits per heavy atom. The van der Waals surface area contributed by atoms with Crippen molar-refractivity contribution >= 4 is 50.3 Å². The van der Waals surface area contributed by atoms with Gasteiger partial charge in [-0.2, -0.15) is 5.10 Å². The number of para-hydroxylation sites is 1. The zero-order valence-electron chi connectivity index (χ0n) is 15.2. The fourth-order valence-electron chi connectivity index (χ4n) is 3.22. The molecule has 4 nitrogen and oxygen atoms in total. The molecule has 0 radical (unpaired) electrons. The quantitative estimate of drug-likeness (QED) is 0.312. The third kappa shape index (κ3) is 3.79. The number of carbonyl (C=O) groups is 1. The van der Waals surface area contributed by atoms with Gasteiger partial charge in [0.15, 0.2) is 0 Å². The van der Waals surface area contributed by atoms with E-state index in [1.807, 2.05) is 23.6 Å². The van der Waals surface area contributed by atoms with Crippen LogP contribution in [0, 0.1) is 6.92 Å². The third-order valence-electron chi connectivity index (χ3n) is 4.64. The third-order valence-corrected chi connectivity index (χ3v) is 6.04. The van der Waals surface area contributed by atoms with E-state index in [1.165, 1.54) is 16.9 Å². The lowest BCUT2D eigenvalue weighted by atomic mass is 10.1. The second-order valence-electron chi connectivity index (χ2n) is 6.41. The molecule has 0 saturated heterocycles. The predicted octanol–water partition coefficient (Wildman–Crippen LogP) is 5.59. The number of fused-ring (bicyclic) bond motifs is 1. The van der Waals surface area contributed by atoms with Gasteiger partial charge >= 0.3 is 0 Å². The first-order valence-corrected chi connectivity index (χ1v) is 10.5. The lowest BCUT2D eigenvalue weighted by Gasteiger charge is -2.09. The van der Waals surface area contributed by atoms with Gasteiger partial charge in [-0.1, -0.05) is 52.3 Å². The molecular formula is C22H18BrN3OS. The molecule has 140 valence electrons. The maximum atomic E-state index is 12.1. The number of carbonyl (C=O) groups excluding carboxylic acids is 1. The second-order valence-corrected chi connectivity index (χ2v) is 8.27. The van der Waals surface area contributed by atoms with Crippen molar-refractivity contribution in [1.29, 1.82) is 0 Å². The maximum absolute atomic E-state index is 12.1. The Bertz CT molecular complexity index is 1140. The number of nitrogens with one attached hydrogen (secondary N) is 1. The van der Waals surface area contributed by atoms with E-state index in [2.05, 4.69) is 74.3 Å². The van der Waals surface area contributed by atoms with Crippen molar-refractivity contribution in [2.24, 2.45) is 5.10 Å². The van der Waals surface area contributed by atoms with E-state index in [0.29, 0.717) is 4.88 Å². The summed E-state index contributed by atoms with van der Waals surface area (Å²) in [5.41, 5.74) is 7.11. The number of hydrogen-bond donors (Lipinski definition) is 1. The number of rotatable bonds is 5. The molecule has 28 heavy (non-hydrogen) atoms. The molecule has 0 spiro atoms. The lowest BCUT2D eigenvalue weighted by Crippen LogP contribution is -2.16. The highest BCUT2D eigenvalue weighted by atomic mass is 79.9. The summed E-state index contributed by atoms with van der Waals surface area (Å²) in [6.45, 7) is 2.86. The Kier molecular flexibility index (Phi) is 5.41. The fourth-order valence-corrected chi connectivity index (χ4v) is 4.09. The molecule has 0 fully saturated rings. The highest BCUT2D eigenvalue weighted by Gasteiger charge is 2.13. The van der Waals surface area contributed by atoms with E-state index >= 15 is 0 Å². The molecule has 2 heterocycles. The molecule has 0 atom stereocenters. The van der Waals surface area contributed by atoms with Crippen molar-refractivity contribution in [3.8, 4) is 0 Å². The van der Waals surface area contributed by atoms with Gasteiger partial charge in [-0.15, -0.1) is 11.3 Å². The standard InChI is InChI=1S/C22H18BrN3OS/c1-15-19(13-24-25-22(27)21-7-4-12-28-21)18-5-2-3-6-20(18)26(15)14-16-8-10-17(23)11-9-16/h2-13H,14H2,1H3,(H,25,27)/b24-13-. The van der Waals surface area contributed by atoms with Crippen LogP contribution in [0.4, 0.5) is 0 Å². The molecule has 6 heteroatoms. The van der Waals surface area contributed by atoms with Crippen LogP contribution in [-0.2, 0) is 6.54 Å². The van der Waals surface area contributed by atoms with Crippen molar-refractivity contribution in [3.05, 3.63) is 92.2 Å². The predicted molar refractivity (Wildman–Crippen MR) is 119 cm³/mol. The average Bonchev–Trinajstić information content (AvgIpc) is 3.33. The smallest absolute Gasteiger partial charge is 0.281 e. The molecule has 0 aliphatic carbocycles. The minimum atomic E-state index is -0.192. The van der Waals surface area contributed by atoms with Gasteiger partial charge in [0.05, 0.1) is 11.1 Å². The molecule has 4 aromatic rings. The summed E-state index contributed by atoms with van der Waals surface area (Å²) in [5.74, 6) is -0.192. The normalized spacial score (nSPS) is 11.4. The first kappa shape index (κ1) is 18.7. The van der Waals surface area contributed by atoms with E-state index in [4.69, 9.17) is 0 Å². The van der Waals surface area contributed by atoms with E-state index in [1.54, 1.807) is 12.3 Å². The highest BCUT2D eigenvalue weighted by Crippen LogP contribution is 2.26. The van der Waals surface area contributed by atoms with Gasteiger partial charge in [0.1, 0.15) is 0 Å². The lowest BCUT2D eigenvalue weighted by molar-refractivity contribution is 0.0959. The molecule has 0 aliphatic rings. The van der Waals surface area contributed by atoms with Crippen LogP contribution in [0.1, 0.15) is 26.5 Å². The van der Waals surface area contributed by atoms with E-state index < -0.39 is 0 Å². The van der Waals surface area contributed by atoms with Crippen LogP contribution >= 0.6 is 27.3 Å². The minimum absolute atomic E-state index is 0.192. The first-order valence-electron chi connectivity index (χ1n) is 8.82. The largest absolute Gasteiger partial charge is 0.340 e. The van der Waals surface area contributed by atoms with Crippen LogP contribution in [0.2, 0.25) is 0 Å². The van der Waals surface area contributed by atoms with Gasteiger partial charge < -0.3 is 4.57 Å². The molecule has 4 rings (SSSR count). The number of aromatic nitrogens is 1. The highest BCUT2D eigenvalue weighted by molar-refractivity contribution is 9.10. The number of benzene rings is 2. The van der Waals surface area contributed by atoms with Gasteiger partial charge in [0.2, 0.25) is 0 Å². The Morgan fingerprint density at radius 3 is 2.68 bits per heavy atom. The SMILES string of the molecule is Cc1c(/C=N\NC(=O)c2cccs2)c2ccccc2n1Cc1ccc(Br)cc1. The maximum Gasteiger partial charge on any atom is 0.281 e. The summed E-state index contributed by atoms with van der Waals surface area (Å²) in [6.07, 6.45) is 1.74. The molecule has 0 saturated carbocycles. The topological polar surface area (TPSA) is 46.4 Å². The van der Waals surface area contributed by atoms with Crippen LogP contribution < -0.4 is 5.43 Å². The van der Waals surface area contributed by atoms with Crippen molar-refractivity contribution in [2.75, 3.05) is 0 Å². The Hall–Kier alpha value is -2.70. The summed E-state index contributed by atoms with van der Waals surface area (Å²) in [4.78, 5) is 12.7. The second kappa shape index (κ2) is 8.12. The molecule has 1 amide bonds. The summed E-state index contributed by atoms with van der Waals surface area (Å²) >= 11 is 4.88. The van der Waals surface area contributed by atoms with Gasteiger partial charge in [0.25, 0.3) is 5.91 Å². The molecule has 0 aliphatic heterocycles.